The van der Waals surface area contributed by atoms with Gasteiger partial charge in [-0.3, -0.25) is 0 Å². The van der Waals surface area contributed by atoms with Gasteiger partial charge in [0, 0.05) is 0 Å². The first kappa shape index (κ1) is 17.1. The van der Waals surface area contributed by atoms with Gasteiger partial charge in [-0.2, -0.15) is 0 Å². The zero-order valence-corrected chi connectivity index (χ0v) is 13.7. The van der Waals surface area contributed by atoms with E-state index in [1.54, 1.807) is 12.1 Å². The van der Waals surface area contributed by atoms with Crippen LogP contribution in [-0.4, -0.2) is 0 Å². The van der Waals surface area contributed by atoms with Crippen molar-refractivity contribution in [2.75, 3.05) is 0 Å². The third kappa shape index (κ3) is 2.75. The molecule has 0 spiro atoms. The highest BCUT2D eigenvalue weighted by atomic mass is 19.2. The quantitative estimate of drug-likeness (QED) is 0.589. The minimum absolute atomic E-state index is 0.293. The molecule has 1 aromatic carbocycles. The van der Waals surface area contributed by atoms with Crippen LogP contribution < -0.4 is 0 Å². The van der Waals surface area contributed by atoms with E-state index < -0.39 is 11.6 Å². The third-order valence-electron chi connectivity index (χ3n) is 5.50. The predicted molar refractivity (Wildman–Crippen MR) is 82.2 cm³/mol. The fourth-order valence-corrected chi connectivity index (χ4v) is 2.74. The van der Waals surface area contributed by atoms with E-state index in [1.165, 1.54) is 0 Å². The predicted octanol–water partition coefficient (Wildman–Crippen LogP) is 6.12. The van der Waals surface area contributed by atoms with Crippen molar-refractivity contribution in [3.8, 4) is 0 Å². The van der Waals surface area contributed by atoms with Gasteiger partial charge in [-0.1, -0.05) is 53.7 Å². The van der Waals surface area contributed by atoms with E-state index in [0.717, 1.165) is 25.7 Å². The SMILES string of the molecule is CCC(C)(CC)c1ccc(C(C)(CC)CC)c(F)c1F. The van der Waals surface area contributed by atoms with Crippen LogP contribution >= 0.6 is 0 Å². The van der Waals surface area contributed by atoms with Crippen LogP contribution in [0.1, 0.15) is 78.4 Å². The molecule has 1 aromatic rings. The van der Waals surface area contributed by atoms with E-state index in [0.29, 0.717) is 11.1 Å². The molecule has 0 aliphatic carbocycles. The summed E-state index contributed by atoms with van der Waals surface area (Å²) in [6.07, 6.45) is 3.21. The second kappa shape index (κ2) is 6.24. The maximum atomic E-state index is 14.6. The molecular weight excluding hydrogens is 254 g/mol. The second-order valence-corrected chi connectivity index (χ2v) is 6.32. The van der Waals surface area contributed by atoms with Gasteiger partial charge in [-0.05, 0) is 47.6 Å². The van der Waals surface area contributed by atoms with Crippen molar-refractivity contribution in [1.29, 1.82) is 0 Å². The van der Waals surface area contributed by atoms with Crippen molar-refractivity contribution in [1.82, 2.24) is 0 Å². The van der Waals surface area contributed by atoms with Crippen LogP contribution in [0.15, 0.2) is 12.1 Å². The van der Waals surface area contributed by atoms with Crippen LogP contribution in [0, 0.1) is 11.6 Å². The molecule has 0 radical (unpaired) electrons. The Labute approximate surface area is 122 Å². The number of rotatable bonds is 6. The zero-order valence-electron chi connectivity index (χ0n) is 13.7. The van der Waals surface area contributed by atoms with Gasteiger partial charge >= 0.3 is 0 Å². The van der Waals surface area contributed by atoms with Gasteiger partial charge in [0.1, 0.15) is 0 Å². The fourth-order valence-electron chi connectivity index (χ4n) is 2.74. The number of hydrogen-bond acceptors (Lipinski definition) is 0. The van der Waals surface area contributed by atoms with Crippen molar-refractivity contribution in [2.24, 2.45) is 0 Å². The lowest BCUT2D eigenvalue weighted by Crippen LogP contribution is -2.26. The number of halogens is 2. The van der Waals surface area contributed by atoms with E-state index in [9.17, 15) is 8.78 Å². The molecule has 0 saturated carbocycles. The van der Waals surface area contributed by atoms with Crippen molar-refractivity contribution in [2.45, 2.75) is 78.1 Å². The Morgan fingerprint density at radius 1 is 0.700 bits per heavy atom. The first-order valence-corrected chi connectivity index (χ1v) is 7.78. The molecule has 1 rings (SSSR count). The molecule has 0 heterocycles. The molecule has 0 nitrogen and oxygen atoms in total. The lowest BCUT2D eigenvalue weighted by Gasteiger charge is -2.32. The van der Waals surface area contributed by atoms with Gasteiger partial charge in [0.05, 0.1) is 0 Å². The summed E-state index contributed by atoms with van der Waals surface area (Å²) in [4.78, 5) is 0. The summed E-state index contributed by atoms with van der Waals surface area (Å²) < 4.78 is 29.1. The molecular formula is C18H28F2. The first-order valence-electron chi connectivity index (χ1n) is 7.78. The van der Waals surface area contributed by atoms with Crippen LogP contribution in [0.4, 0.5) is 8.78 Å². The van der Waals surface area contributed by atoms with E-state index in [4.69, 9.17) is 0 Å². The molecule has 0 N–H and O–H groups in total. The van der Waals surface area contributed by atoms with Crippen LogP contribution in [0.2, 0.25) is 0 Å². The smallest absolute Gasteiger partial charge is 0.162 e. The molecule has 0 bridgehead atoms. The maximum absolute atomic E-state index is 14.6. The highest BCUT2D eigenvalue weighted by Crippen LogP contribution is 2.38. The minimum Gasteiger partial charge on any atom is -0.203 e. The maximum Gasteiger partial charge on any atom is 0.162 e. The third-order valence-corrected chi connectivity index (χ3v) is 5.50. The molecule has 0 unspecified atom stereocenters. The van der Waals surface area contributed by atoms with E-state index in [2.05, 4.69) is 0 Å². The summed E-state index contributed by atoms with van der Waals surface area (Å²) in [6.45, 7) is 12.1. The molecule has 0 atom stereocenters. The lowest BCUT2D eigenvalue weighted by molar-refractivity contribution is 0.374. The van der Waals surface area contributed by atoms with Gasteiger partial charge < -0.3 is 0 Å². The average molecular weight is 282 g/mol. The molecule has 20 heavy (non-hydrogen) atoms. The number of hydrogen-bond donors (Lipinski definition) is 0. The standard InChI is InChI=1S/C18H28F2/c1-7-17(5,8-2)13-11-12-14(16(20)15(13)19)18(6,9-3)10-4/h11-12H,7-10H2,1-6H3. The average Bonchev–Trinajstić information content (AvgIpc) is 2.48. The Hall–Kier alpha value is -0.920. The Balaban J connectivity index is 3.44. The van der Waals surface area contributed by atoms with Gasteiger partial charge in [0.2, 0.25) is 0 Å². The van der Waals surface area contributed by atoms with Gasteiger partial charge in [-0.15, -0.1) is 0 Å². The number of benzene rings is 1. The van der Waals surface area contributed by atoms with Crippen molar-refractivity contribution >= 4 is 0 Å². The summed E-state index contributed by atoms with van der Waals surface area (Å²) in [5, 5.41) is 0. The monoisotopic (exact) mass is 282 g/mol. The Morgan fingerprint density at radius 2 is 0.950 bits per heavy atom. The van der Waals surface area contributed by atoms with Crippen LogP contribution in [0.5, 0.6) is 0 Å². The van der Waals surface area contributed by atoms with E-state index in [-0.39, 0.29) is 10.8 Å². The molecule has 0 aliphatic heterocycles. The van der Waals surface area contributed by atoms with E-state index in [1.807, 2.05) is 41.5 Å². The Kier molecular flexibility index (Phi) is 5.34. The molecule has 114 valence electrons. The normalized spacial score (nSPS) is 12.8. The Morgan fingerprint density at radius 3 is 1.15 bits per heavy atom. The largest absolute Gasteiger partial charge is 0.203 e. The highest BCUT2D eigenvalue weighted by molar-refractivity contribution is 5.35. The van der Waals surface area contributed by atoms with Crippen LogP contribution in [0.3, 0.4) is 0 Å². The summed E-state index contributed by atoms with van der Waals surface area (Å²) >= 11 is 0. The minimum atomic E-state index is -0.651. The molecule has 0 amide bonds. The van der Waals surface area contributed by atoms with Gasteiger partial charge in [-0.25, -0.2) is 8.78 Å². The summed E-state index contributed by atoms with van der Waals surface area (Å²) in [5.41, 5.74) is 0.438. The Bertz CT molecular complexity index is 412. The topological polar surface area (TPSA) is 0 Å². The molecule has 0 fully saturated rings. The first-order chi connectivity index (χ1) is 9.29. The lowest BCUT2D eigenvalue weighted by atomic mass is 9.73. The highest BCUT2D eigenvalue weighted by Gasteiger charge is 2.32. The van der Waals surface area contributed by atoms with E-state index >= 15 is 0 Å². The second-order valence-electron chi connectivity index (χ2n) is 6.32. The zero-order chi connectivity index (χ0) is 15.6. The van der Waals surface area contributed by atoms with Crippen molar-refractivity contribution in [3.05, 3.63) is 34.9 Å². The van der Waals surface area contributed by atoms with Gasteiger partial charge in [0.15, 0.2) is 11.6 Å². The van der Waals surface area contributed by atoms with Crippen molar-refractivity contribution < 1.29 is 8.78 Å². The van der Waals surface area contributed by atoms with Crippen LogP contribution in [0.25, 0.3) is 0 Å². The van der Waals surface area contributed by atoms with Crippen LogP contribution in [-0.2, 0) is 10.8 Å². The summed E-state index contributed by atoms with van der Waals surface area (Å²) in [5.74, 6) is -1.30. The fraction of sp³-hybridized carbons (Fsp3) is 0.667. The molecule has 0 aliphatic rings. The summed E-state index contributed by atoms with van der Waals surface area (Å²) in [7, 11) is 0. The van der Waals surface area contributed by atoms with Crippen molar-refractivity contribution in [3.63, 3.8) is 0 Å². The molecule has 0 saturated heterocycles. The molecule has 2 heteroatoms. The van der Waals surface area contributed by atoms with Gasteiger partial charge in [0.25, 0.3) is 0 Å². The summed E-state index contributed by atoms with van der Waals surface area (Å²) in [6, 6.07) is 3.59. The molecule has 0 aromatic heterocycles.